The second kappa shape index (κ2) is 3.88. The molecule has 5 rings (SSSR count). The summed E-state index contributed by atoms with van der Waals surface area (Å²) in [4.78, 5) is 8.98. The van der Waals surface area contributed by atoms with E-state index < -0.39 is 0 Å². The number of nitrogens with one attached hydrogen (secondary N) is 1. The van der Waals surface area contributed by atoms with E-state index in [1.807, 2.05) is 6.07 Å². The van der Waals surface area contributed by atoms with Crippen molar-refractivity contribution in [3.63, 3.8) is 0 Å². The van der Waals surface area contributed by atoms with E-state index in [-0.39, 0.29) is 0 Å². The van der Waals surface area contributed by atoms with E-state index in [1.165, 1.54) is 5.56 Å². The highest BCUT2D eigenvalue weighted by Crippen LogP contribution is 2.53. The molecule has 0 unspecified atom stereocenters. The molecule has 1 aromatic carbocycles. The molecule has 1 aliphatic carbocycles. The Morgan fingerprint density at radius 1 is 1.14 bits per heavy atom. The first kappa shape index (κ1) is 11.0. The van der Waals surface area contributed by atoms with Gasteiger partial charge in [0.1, 0.15) is 6.33 Å². The number of H-pyrrole nitrogens is 1. The van der Waals surface area contributed by atoms with Gasteiger partial charge in [0, 0.05) is 5.92 Å². The quantitative estimate of drug-likeness (QED) is 0.609. The first-order valence-corrected chi connectivity index (χ1v) is 6.99. The standard InChI is InChI=1S/C15H12N6/c1-2-4-9(5-3-1)10-6-11(10)14-18-15-12-7-17-19-13(12)16-8-21(15)20-14/h1-5,7-8,10-11H,6H2,(H,17,19)/t10-,11-/m0/s1. The highest BCUT2D eigenvalue weighted by Gasteiger charge is 2.42. The summed E-state index contributed by atoms with van der Waals surface area (Å²) in [6.45, 7) is 0. The lowest BCUT2D eigenvalue weighted by molar-refractivity contribution is 0.849. The summed E-state index contributed by atoms with van der Waals surface area (Å²) in [5, 5.41) is 12.4. The van der Waals surface area contributed by atoms with E-state index in [4.69, 9.17) is 4.98 Å². The summed E-state index contributed by atoms with van der Waals surface area (Å²) in [5.41, 5.74) is 2.94. The number of hydrogen-bond donors (Lipinski definition) is 1. The van der Waals surface area contributed by atoms with Crippen LogP contribution in [0.2, 0.25) is 0 Å². The van der Waals surface area contributed by atoms with Crippen LogP contribution in [0.15, 0.2) is 42.9 Å². The van der Waals surface area contributed by atoms with Crippen LogP contribution in [-0.2, 0) is 0 Å². The number of benzene rings is 1. The number of hydrogen-bond acceptors (Lipinski definition) is 4. The fourth-order valence-corrected chi connectivity index (χ4v) is 2.96. The van der Waals surface area contributed by atoms with Gasteiger partial charge in [-0.15, -0.1) is 5.10 Å². The monoisotopic (exact) mass is 276 g/mol. The van der Waals surface area contributed by atoms with Crippen LogP contribution in [0.1, 0.15) is 29.6 Å². The van der Waals surface area contributed by atoms with Gasteiger partial charge in [-0.25, -0.2) is 14.5 Å². The maximum atomic E-state index is 4.70. The van der Waals surface area contributed by atoms with Crippen LogP contribution >= 0.6 is 0 Å². The summed E-state index contributed by atoms with van der Waals surface area (Å²) in [6.07, 6.45) is 4.55. The van der Waals surface area contributed by atoms with Gasteiger partial charge < -0.3 is 0 Å². The number of fused-ring (bicyclic) bond motifs is 3. The summed E-state index contributed by atoms with van der Waals surface area (Å²) in [7, 11) is 0. The average Bonchev–Trinajstić information content (AvgIpc) is 2.98. The predicted molar refractivity (Wildman–Crippen MR) is 77.0 cm³/mol. The van der Waals surface area contributed by atoms with Gasteiger partial charge in [0.05, 0.1) is 11.6 Å². The third-order valence-corrected chi connectivity index (χ3v) is 4.15. The van der Waals surface area contributed by atoms with Gasteiger partial charge in [0.15, 0.2) is 17.1 Å². The Morgan fingerprint density at radius 2 is 2.05 bits per heavy atom. The van der Waals surface area contributed by atoms with Crippen molar-refractivity contribution >= 4 is 16.7 Å². The number of nitrogens with zero attached hydrogens (tertiary/aromatic N) is 5. The van der Waals surface area contributed by atoms with Crippen LogP contribution in [0.4, 0.5) is 0 Å². The number of aromatic amines is 1. The zero-order valence-corrected chi connectivity index (χ0v) is 11.1. The van der Waals surface area contributed by atoms with Crippen molar-refractivity contribution in [2.45, 2.75) is 18.3 Å². The first-order chi connectivity index (χ1) is 10.4. The molecule has 3 aromatic heterocycles. The smallest absolute Gasteiger partial charge is 0.170 e. The van der Waals surface area contributed by atoms with Crippen LogP contribution in [-0.4, -0.2) is 29.8 Å². The first-order valence-electron chi connectivity index (χ1n) is 6.99. The Balaban J connectivity index is 1.57. The van der Waals surface area contributed by atoms with Crippen LogP contribution in [0.25, 0.3) is 16.7 Å². The van der Waals surface area contributed by atoms with Gasteiger partial charge in [0.2, 0.25) is 0 Å². The lowest BCUT2D eigenvalue weighted by atomic mass is 10.1. The Labute approximate surface area is 119 Å². The summed E-state index contributed by atoms with van der Waals surface area (Å²) < 4.78 is 1.74. The lowest BCUT2D eigenvalue weighted by Gasteiger charge is -1.96. The van der Waals surface area contributed by atoms with Crippen molar-refractivity contribution in [2.75, 3.05) is 0 Å². The van der Waals surface area contributed by atoms with Crippen molar-refractivity contribution in [1.29, 1.82) is 0 Å². The fraction of sp³-hybridized carbons (Fsp3) is 0.200. The second-order valence-electron chi connectivity index (χ2n) is 5.47. The molecule has 3 heterocycles. The van der Waals surface area contributed by atoms with Crippen molar-refractivity contribution in [1.82, 2.24) is 29.8 Å². The molecule has 0 aliphatic heterocycles. The van der Waals surface area contributed by atoms with Crippen LogP contribution in [0.3, 0.4) is 0 Å². The number of aromatic nitrogens is 6. The molecule has 0 spiro atoms. The highest BCUT2D eigenvalue weighted by atomic mass is 15.3. The van der Waals surface area contributed by atoms with E-state index in [0.717, 1.165) is 28.9 Å². The van der Waals surface area contributed by atoms with Crippen molar-refractivity contribution < 1.29 is 0 Å². The van der Waals surface area contributed by atoms with Crippen molar-refractivity contribution in [3.8, 4) is 0 Å². The van der Waals surface area contributed by atoms with E-state index in [1.54, 1.807) is 17.0 Å². The zero-order chi connectivity index (χ0) is 13.8. The molecule has 4 aromatic rings. The van der Waals surface area contributed by atoms with Crippen molar-refractivity contribution in [3.05, 3.63) is 54.2 Å². The third-order valence-electron chi connectivity index (χ3n) is 4.15. The molecule has 0 amide bonds. The third kappa shape index (κ3) is 1.59. The Morgan fingerprint density at radius 3 is 2.95 bits per heavy atom. The fourth-order valence-electron chi connectivity index (χ4n) is 2.96. The topological polar surface area (TPSA) is 71.8 Å². The van der Waals surface area contributed by atoms with Gasteiger partial charge in [-0.05, 0) is 17.9 Å². The molecule has 0 saturated heterocycles. The molecule has 1 N–H and O–H groups in total. The summed E-state index contributed by atoms with van der Waals surface area (Å²) in [5.74, 6) is 1.85. The molecule has 1 aliphatic rings. The molecule has 0 radical (unpaired) electrons. The summed E-state index contributed by atoms with van der Waals surface area (Å²) in [6, 6.07) is 10.6. The molecular weight excluding hydrogens is 264 g/mol. The van der Waals surface area contributed by atoms with E-state index in [2.05, 4.69) is 44.5 Å². The van der Waals surface area contributed by atoms with E-state index in [9.17, 15) is 0 Å². The molecule has 1 saturated carbocycles. The van der Waals surface area contributed by atoms with Crippen LogP contribution in [0.5, 0.6) is 0 Å². The lowest BCUT2D eigenvalue weighted by Crippen LogP contribution is -1.91. The highest BCUT2D eigenvalue weighted by molar-refractivity contribution is 5.87. The van der Waals surface area contributed by atoms with E-state index in [0.29, 0.717) is 11.8 Å². The minimum absolute atomic E-state index is 0.411. The molecule has 0 bridgehead atoms. The molecule has 6 heteroatoms. The normalized spacial score (nSPS) is 21.1. The number of rotatable bonds is 2. The Bertz CT molecular complexity index is 939. The molecule has 6 nitrogen and oxygen atoms in total. The minimum Gasteiger partial charge on any atom is -0.261 e. The Hall–Kier alpha value is -2.76. The van der Waals surface area contributed by atoms with E-state index >= 15 is 0 Å². The Kier molecular flexibility index (Phi) is 2.02. The molecule has 21 heavy (non-hydrogen) atoms. The van der Waals surface area contributed by atoms with Crippen LogP contribution in [0, 0.1) is 0 Å². The maximum Gasteiger partial charge on any atom is 0.170 e. The van der Waals surface area contributed by atoms with Gasteiger partial charge in [-0.2, -0.15) is 5.10 Å². The molecule has 1 fully saturated rings. The van der Waals surface area contributed by atoms with Gasteiger partial charge >= 0.3 is 0 Å². The van der Waals surface area contributed by atoms with Gasteiger partial charge in [-0.3, -0.25) is 5.10 Å². The molecular formula is C15H12N6. The minimum atomic E-state index is 0.411. The average molecular weight is 276 g/mol. The van der Waals surface area contributed by atoms with Crippen LogP contribution < -0.4 is 0 Å². The molecule has 2 atom stereocenters. The van der Waals surface area contributed by atoms with Gasteiger partial charge in [-0.1, -0.05) is 30.3 Å². The maximum absolute atomic E-state index is 4.70. The zero-order valence-electron chi connectivity index (χ0n) is 11.1. The SMILES string of the molecule is c1ccc([C@@H]2C[C@@H]2c2nc3c4cn[nH]c4ncn3n2)cc1. The summed E-state index contributed by atoms with van der Waals surface area (Å²) >= 11 is 0. The molecule has 102 valence electrons. The predicted octanol–water partition coefficient (Wildman–Crippen LogP) is 2.27. The largest absolute Gasteiger partial charge is 0.261 e. The van der Waals surface area contributed by atoms with Crippen molar-refractivity contribution in [2.24, 2.45) is 0 Å². The van der Waals surface area contributed by atoms with Gasteiger partial charge in [0.25, 0.3) is 0 Å². The second-order valence-corrected chi connectivity index (χ2v) is 5.47.